The van der Waals surface area contributed by atoms with Gasteiger partial charge in [0.25, 0.3) is 0 Å². The second-order valence-electron chi connectivity index (χ2n) is 5.03. The molecule has 6 N–H and O–H groups in total. The van der Waals surface area contributed by atoms with Gasteiger partial charge in [-0.3, -0.25) is 10.7 Å². The van der Waals surface area contributed by atoms with Crippen molar-refractivity contribution in [2.24, 2.45) is 5.73 Å². The maximum absolute atomic E-state index is 11.5. The van der Waals surface area contributed by atoms with Gasteiger partial charge in [0.1, 0.15) is 5.60 Å². The molecular weight excluding hydrogens is 246 g/mol. The predicted octanol–water partition coefficient (Wildman–Crippen LogP) is 1.69. The standard InChI is InChI=1S/C13H19N3O2.H2O/c1-13(2,3)18-12(17)16-10-6-4-9(5-7-10)8-11(14)15;/h4-7H,8H2,1-3H3,(H3,14,15)(H,16,17);1H2. The van der Waals surface area contributed by atoms with Gasteiger partial charge in [0.2, 0.25) is 0 Å². The van der Waals surface area contributed by atoms with Crippen molar-refractivity contribution in [2.45, 2.75) is 32.8 Å². The summed E-state index contributed by atoms with van der Waals surface area (Å²) in [5.74, 6) is 0.114. The topological polar surface area (TPSA) is 120 Å². The molecule has 0 fully saturated rings. The Hall–Kier alpha value is -2.08. The number of nitrogens with two attached hydrogens (primary N) is 1. The molecule has 0 saturated heterocycles. The lowest BCUT2D eigenvalue weighted by molar-refractivity contribution is 0.0636. The summed E-state index contributed by atoms with van der Waals surface area (Å²) >= 11 is 0. The first-order valence-electron chi connectivity index (χ1n) is 5.68. The summed E-state index contributed by atoms with van der Waals surface area (Å²) in [5, 5.41) is 9.82. The summed E-state index contributed by atoms with van der Waals surface area (Å²) in [6.07, 6.45) is -0.0750. The van der Waals surface area contributed by atoms with E-state index in [0.717, 1.165) is 5.56 Å². The van der Waals surface area contributed by atoms with E-state index in [9.17, 15) is 4.79 Å². The van der Waals surface area contributed by atoms with Crippen molar-refractivity contribution in [3.05, 3.63) is 29.8 Å². The third-order valence-electron chi connectivity index (χ3n) is 1.99. The SMILES string of the molecule is CC(C)(C)OC(=O)Nc1ccc(CC(=N)N)cc1.O. The number of hydrogen-bond donors (Lipinski definition) is 3. The molecule has 0 atom stereocenters. The molecule has 0 radical (unpaired) electrons. The lowest BCUT2D eigenvalue weighted by Crippen LogP contribution is -2.27. The molecule has 19 heavy (non-hydrogen) atoms. The van der Waals surface area contributed by atoms with Gasteiger partial charge in [0.05, 0.1) is 5.84 Å². The van der Waals surface area contributed by atoms with Crippen LogP contribution in [0.1, 0.15) is 26.3 Å². The van der Waals surface area contributed by atoms with E-state index in [4.69, 9.17) is 15.9 Å². The summed E-state index contributed by atoms with van der Waals surface area (Å²) in [7, 11) is 0. The van der Waals surface area contributed by atoms with Crippen molar-refractivity contribution in [3.8, 4) is 0 Å². The fourth-order valence-electron chi connectivity index (χ4n) is 1.35. The molecule has 0 aliphatic carbocycles. The average Bonchev–Trinajstić information content (AvgIpc) is 2.17. The zero-order valence-corrected chi connectivity index (χ0v) is 11.4. The summed E-state index contributed by atoms with van der Waals surface area (Å²) in [4.78, 5) is 11.5. The fraction of sp³-hybridized carbons (Fsp3) is 0.385. The zero-order valence-electron chi connectivity index (χ0n) is 11.4. The van der Waals surface area contributed by atoms with E-state index in [1.54, 1.807) is 12.1 Å². The number of amidine groups is 1. The third kappa shape index (κ3) is 7.05. The highest BCUT2D eigenvalue weighted by atomic mass is 16.6. The molecule has 0 saturated carbocycles. The largest absolute Gasteiger partial charge is 0.444 e. The highest BCUT2D eigenvalue weighted by Gasteiger charge is 2.15. The van der Waals surface area contributed by atoms with Crippen LogP contribution in [0, 0.1) is 5.41 Å². The molecule has 0 aliphatic heterocycles. The number of benzene rings is 1. The van der Waals surface area contributed by atoms with Crippen LogP contribution >= 0.6 is 0 Å². The Bertz CT molecular complexity index is 435. The van der Waals surface area contributed by atoms with Crippen LogP contribution in [0.5, 0.6) is 0 Å². The molecule has 1 aromatic rings. The smallest absolute Gasteiger partial charge is 0.412 e. The Morgan fingerprint density at radius 2 is 1.84 bits per heavy atom. The Kier molecular flexibility index (Phi) is 6.01. The van der Waals surface area contributed by atoms with E-state index < -0.39 is 11.7 Å². The van der Waals surface area contributed by atoms with Crippen molar-refractivity contribution < 1.29 is 15.0 Å². The van der Waals surface area contributed by atoms with Gasteiger partial charge in [-0.1, -0.05) is 12.1 Å². The number of carbonyl (C=O) groups excluding carboxylic acids is 1. The van der Waals surface area contributed by atoms with Crippen LogP contribution in [-0.2, 0) is 11.2 Å². The van der Waals surface area contributed by atoms with E-state index in [1.807, 2.05) is 32.9 Å². The first-order chi connectivity index (χ1) is 8.26. The highest BCUT2D eigenvalue weighted by Crippen LogP contribution is 2.13. The molecular formula is C13H21N3O3. The van der Waals surface area contributed by atoms with Crippen molar-refractivity contribution in [3.63, 3.8) is 0 Å². The molecule has 6 nitrogen and oxygen atoms in total. The Morgan fingerprint density at radius 1 is 1.32 bits per heavy atom. The summed E-state index contributed by atoms with van der Waals surface area (Å²) in [6, 6.07) is 7.13. The second kappa shape index (κ2) is 6.75. The van der Waals surface area contributed by atoms with Crippen LogP contribution < -0.4 is 11.1 Å². The van der Waals surface area contributed by atoms with Gasteiger partial charge in [-0.2, -0.15) is 0 Å². The van der Waals surface area contributed by atoms with Gasteiger partial charge in [-0.15, -0.1) is 0 Å². The van der Waals surface area contributed by atoms with Gasteiger partial charge in [0, 0.05) is 12.1 Å². The van der Waals surface area contributed by atoms with Gasteiger partial charge >= 0.3 is 6.09 Å². The summed E-state index contributed by atoms with van der Waals surface area (Å²) in [5.41, 5.74) is 6.37. The van der Waals surface area contributed by atoms with E-state index in [-0.39, 0.29) is 11.3 Å². The highest BCUT2D eigenvalue weighted by molar-refractivity contribution is 5.85. The number of hydrogen-bond acceptors (Lipinski definition) is 3. The first kappa shape index (κ1) is 16.9. The number of amides is 1. The molecule has 6 heteroatoms. The molecule has 1 amide bonds. The lowest BCUT2D eigenvalue weighted by atomic mass is 10.1. The molecule has 1 aromatic carbocycles. The first-order valence-corrected chi connectivity index (χ1v) is 5.68. The Balaban J connectivity index is 0.00000324. The Morgan fingerprint density at radius 3 is 2.26 bits per heavy atom. The van der Waals surface area contributed by atoms with Crippen LogP contribution in [0.25, 0.3) is 0 Å². The quantitative estimate of drug-likeness (QED) is 0.570. The molecule has 0 unspecified atom stereocenters. The van der Waals surface area contributed by atoms with Crippen LogP contribution in [0.2, 0.25) is 0 Å². The van der Waals surface area contributed by atoms with E-state index in [1.165, 1.54) is 0 Å². The van der Waals surface area contributed by atoms with E-state index in [0.29, 0.717) is 12.1 Å². The Labute approximate surface area is 112 Å². The van der Waals surface area contributed by atoms with E-state index >= 15 is 0 Å². The molecule has 0 aromatic heterocycles. The van der Waals surface area contributed by atoms with Gasteiger partial charge in [-0.05, 0) is 38.5 Å². The monoisotopic (exact) mass is 267 g/mol. The van der Waals surface area contributed by atoms with Crippen molar-refractivity contribution in [2.75, 3.05) is 5.32 Å². The zero-order chi connectivity index (χ0) is 13.8. The van der Waals surface area contributed by atoms with Crippen molar-refractivity contribution in [1.82, 2.24) is 0 Å². The fourth-order valence-corrected chi connectivity index (χ4v) is 1.35. The van der Waals surface area contributed by atoms with Gasteiger partial charge in [-0.25, -0.2) is 4.79 Å². The van der Waals surface area contributed by atoms with E-state index in [2.05, 4.69) is 5.32 Å². The maximum Gasteiger partial charge on any atom is 0.412 e. The number of ether oxygens (including phenoxy) is 1. The van der Waals surface area contributed by atoms with Gasteiger partial charge < -0.3 is 15.9 Å². The third-order valence-corrected chi connectivity index (χ3v) is 1.99. The minimum absolute atomic E-state index is 0. The molecule has 0 heterocycles. The number of carbonyl (C=O) groups is 1. The maximum atomic E-state index is 11.5. The molecule has 0 aliphatic rings. The van der Waals surface area contributed by atoms with Crippen molar-refractivity contribution in [1.29, 1.82) is 5.41 Å². The lowest BCUT2D eigenvalue weighted by Gasteiger charge is -2.19. The number of rotatable bonds is 3. The average molecular weight is 267 g/mol. The van der Waals surface area contributed by atoms with Crippen LogP contribution in [0.4, 0.5) is 10.5 Å². The summed E-state index contributed by atoms with van der Waals surface area (Å²) < 4.78 is 5.13. The molecule has 106 valence electrons. The number of nitrogens with one attached hydrogen (secondary N) is 2. The molecule has 0 bridgehead atoms. The molecule has 1 rings (SSSR count). The molecule has 0 spiro atoms. The summed E-state index contributed by atoms with van der Waals surface area (Å²) in [6.45, 7) is 5.42. The normalized spacial score (nSPS) is 10.3. The van der Waals surface area contributed by atoms with Crippen LogP contribution in [0.3, 0.4) is 0 Å². The minimum atomic E-state index is -0.515. The second-order valence-corrected chi connectivity index (χ2v) is 5.03. The minimum Gasteiger partial charge on any atom is -0.444 e. The van der Waals surface area contributed by atoms with Crippen LogP contribution in [-0.4, -0.2) is 23.0 Å². The number of anilines is 1. The van der Waals surface area contributed by atoms with Crippen LogP contribution in [0.15, 0.2) is 24.3 Å². The van der Waals surface area contributed by atoms with Crippen molar-refractivity contribution >= 4 is 17.6 Å². The predicted molar refractivity (Wildman–Crippen MR) is 75.5 cm³/mol. The van der Waals surface area contributed by atoms with Gasteiger partial charge in [0.15, 0.2) is 0 Å².